The van der Waals surface area contributed by atoms with Gasteiger partial charge in [-0.3, -0.25) is 9.80 Å². The summed E-state index contributed by atoms with van der Waals surface area (Å²) in [5.41, 5.74) is 0.851. The molecule has 1 atom stereocenters. The molecule has 194 valence electrons. The number of carbonyl (C=O) groups is 2. The topological polar surface area (TPSA) is 96.1 Å². The Morgan fingerprint density at radius 2 is 1.97 bits per heavy atom. The van der Waals surface area contributed by atoms with Crippen LogP contribution in [0.1, 0.15) is 38.5 Å². The quantitative estimate of drug-likeness (QED) is 0.399. The van der Waals surface area contributed by atoms with E-state index >= 15 is 0 Å². The maximum Gasteiger partial charge on any atom is 0.416 e. The van der Waals surface area contributed by atoms with Crippen LogP contribution in [0.2, 0.25) is 0 Å². The zero-order valence-corrected chi connectivity index (χ0v) is 22.1. The van der Waals surface area contributed by atoms with Gasteiger partial charge in [0.1, 0.15) is 22.8 Å². The van der Waals surface area contributed by atoms with Crippen LogP contribution in [-0.4, -0.2) is 51.8 Å². The first-order chi connectivity index (χ1) is 16.2. The minimum absolute atomic E-state index is 0. The highest BCUT2D eigenvalue weighted by atomic mass is 35.5. The predicted octanol–water partition coefficient (Wildman–Crippen LogP) is 5.79. The van der Waals surface area contributed by atoms with E-state index in [4.69, 9.17) is 14.3 Å². The van der Waals surface area contributed by atoms with E-state index in [1.54, 1.807) is 23.2 Å². The molecule has 0 aliphatic carbocycles. The number of pyridine rings is 1. The average Bonchev–Trinajstić information content (AvgIpc) is 3.38. The van der Waals surface area contributed by atoms with Crippen molar-refractivity contribution in [3.8, 4) is 0 Å². The second-order valence-corrected chi connectivity index (χ2v) is 9.40. The van der Waals surface area contributed by atoms with Crippen LogP contribution in [0.25, 0.3) is 17.0 Å². The minimum Gasteiger partial charge on any atom is -0.478 e. The molecule has 1 aromatic carbocycles. The van der Waals surface area contributed by atoms with Gasteiger partial charge in [-0.05, 0) is 63.1 Å². The number of ether oxygens (including phenoxy) is 1. The van der Waals surface area contributed by atoms with Gasteiger partial charge in [-0.25, -0.2) is 14.6 Å². The number of furan rings is 1. The van der Waals surface area contributed by atoms with Crippen LogP contribution in [0.4, 0.5) is 10.6 Å². The standard InChI is InChI=1S/C26H29N3O5.2ClH/c1-26(2,3)34-25(32)29(23-10-8-18(15-27-23)9-11-24(30)31)20-12-13-28(16-20)17-21-14-19-6-4-5-7-22(19)33-21;;/h4-11,14-15,20H,12-13,16-17H2,1-3H3,(H,30,31);2*1H/t20-;;/m1../s1. The van der Waals surface area contributed by atoms with Crippen LogP contribution in [0.5, 0.6) is 0 Å². The van der Waals surface area contributed by atoms with E-state index in [1.807, 2.05) is 45.0 Å². The summed E-state index contributed by atoms with van der Waals surface area (Å²) in [5.74, 6) is 0.325. The van der Waals surface area contributed by atoms with Gasteiger partial charge in [0.05, 0.1) is 12.6 Å². The van der Waals surface area contributed by atoms with Gasteiger partial charge in [0.25, 0.3) is 0 Å². The number of amides is 1. The molecule has 0 unspecified atom stereocenters. The number of rotatable bonds is 6. The maximum atomic E-state index is 13.2. The Balaban J connectivity index is 0.00000228. The number of carboxylic acid groups (broad SMARTS) is 1. The van der Waals surface area contributed by atoms with Crippen LogP contribution < -0.4 is 4.90 Å². The molecular formula is C26H31Cl2N3O5. The van der Waals surface area contributed by atoms with Gasteiger partial charge >= 0.3 is 12.1 Å². The third-order valence-electron chi connectivity index (χ3n) is 5.49. The van der Waals surface area contributed by atoms with Crippen molar-refractivity contribution in [2.45, 2.75) is 45.4 Å². The van der Waals surface area contributed by atoms with Crippen molar-refractivity contribution in [2.24, 2.45) is 0 Å². The van der Waals surface area contributed by atoms with Crippen molar-refractivity contribution in [3.63, 3.8) is 0 Å². The fourth-order valence-electron chi connectivity index (χ4n) is 4.05. The number of para-hydroxylation sites is 1. The van der Waals surface area contributed by atoms with E-state index in [-0.39, 0.29) is 30.9 Å². The summed E-state index contributed by atoms with van der Waals surface area (Å²) in [6.07, 6.45) is 4.37. The highest BCUT2D eigenvalue weighted by Gasteiger charge is 2.35. The Morgan fingerprint density at radius 3 is 2.61 bits per heavy atom. The third kappa shape index (κ3) is 7.46. The minimum atomic E-state index is -1.03. The number of aliphatic carboxylic acids is 1. The third-order valence-corrected chi connectivity index (χ3v) is 5.49. The van der Waals surface area contributed by atoms with E-state index in [0.29, 0.717) is 24.5 Å². The molecule has 8 nitrogen and oxygen atoms in total. The fourth-order valence-corrected chi connectivity index (χ4v) is 4.05. The molecule has 1 aliphatic rings. The molecule has 1 amide bonds. The lowest BCUT2D eigenvalue weighted by Crippen LogP contribution is -2.45. The van der Waals surface area contributed by atoms with Gasteiger partial charge in [0, 0.05) is 30.7 Å². The number of likely N-dealkylation sites (tertiary alicyclic amines) is 1. The van der Waals surface area contributed by atoms with E-state index < -0.39 is 17.7 Å². The van der Waals surface area contributed by atoms with Gasteiger partial charge in [0.2, 0.25) is 0 Å². The van der Waals surface area contributed by atoms with E-state index in [2.05, 4.69) is 16.0 Å². The van der Waals surface area contributed by atoms with Crippen molar-refractivity contribution in [1.82, 2.24) is 9.88 Å². The first kappa shape index (κ1) is 29.2. The molecule has 1 saturated heterocycles. The second kappa shape index (κ2) is 12.3. The van der Waals surface area contributed by atoms with Gasteiger partial charge < -0.3 is 14.3 Å². The number of aromatic nitrogens is 1. The zero-order valence-electron chi connectivity index (χ0n) is 20.4. The van der Waals surface area contributed by atoms with E-state index in [9.17, 15) is 9.59 Å². The molecule has 2 aromatic heterocycles. The van der Waals surface area contributed by atoms with Crippen molar-refractivity contribution in [1.29, 1.82) is 0 Å². The maximum absolute atomic E-state index is 13.2. The molecule has 1 fully saturated rings. The Kier molecular flexibility index (Phi) is 9.93. The van der Waals surface area contributed by atoms with Crippen molar-refractivity contribution >= 4 is 59.7 Å². The summed E-state index contributed by atoms with van der Waals surface area (Å²) in [7, 11) is 0. The van der Waals surface area contributed by atoms with Crippen LogP contribution >= 0.6 is 24.8 Å². The van der Waals surface area contributed by atoms with Crippen molar-refractivity contribution < 1.29 is 23.8 Å². The predicted molar refractivity (Wildman–Crippen MR) is 144 cm³/mol. The molecule has 36 heavy (non-hydrogen) atoms. The first-order valence-electron chi connectivity index (χ1n) is 11.3. The monoisotopic (exact) mass is 535 g/mol. The Hall–Kier alpha value is -3.07. The Labute approximate surface area is 222 Å². The lowest BCUT2D eigenvalue weighted by Gasteiger charge is -2.31. The number of anilines is 1. The lowest BCUT2D eigenvalue weighted by molar-refractivity contribution is -0.131. The molecule has 0 bridgehead atoms. The summed E-state index contributed by atoms with van der Waals surface area (Å²) in [6, 6.07) is 13.3. The molecule has 0 spiro atoms. The van der Waals surface area contributed by atoms with Crippen LogP contribution in [0, 0.1) is 0 Å². The molecule has 3 aromatic rings. The van der Waals surface area contributed by atoms with Gasteiger partial charge in [-0.1, -0.05) is 18.2 Å². The van der Waals surface area contributed by atoms with E-state index in [1.165, 1.54) is 6.08 Å². The number of nitrogens with zero attached hydrogens (tertiary/aromatic N) is 3. The molecule has 10 heteroatoms. The Morgan fingerprint density at radius 1 is 1.22 bits per heavy atom. The van der Waals surface area contributed by atoms with E-state index in [0.717, 1.165) is 35.8 Å². The number of benzene rings is 1. The molecule has 1 N–H and O–H groups in total. The van der Waals surface area contributed by atoms with Crippen molar-refractivity contribution in [2.75, 3.05) is 18.0 Å². The summed E-state index contributed by atoms with van der Waals surface area (Å²) in [4.78, 5) is 32.2. The number of carboxylic acids is 1. The van der Waals surface area contributed by atoms with Gasteiger partial charge in [0.15, 0.2) is 0 Å². The highest BCUT2D eigenvalue weighted by molar-refractivity contribution is 5.88. The SMILES string of the molecule is CC(C)(C)OC(=O)N(c1ccc(C=CC(=O)O)cn1)[C@@H]1CCN(Cc2cc3ccccc3o2)C1.Cl.Cl. The number of hydrogen-bond donors (Lipinski definition) is 1. The number of fused-ring (bicyclic) bond motifs is 1. The molecule has 3 heterocycles. The number of hydrogen-bond acceptors (Lipinski definition) is 6. The summed E-state index contributed by atoms with van der Waals surface area (Å²) in [5, 5.41) is 9.90. The van der Waals surface area contributed by atoms with Gasteiger partial charge in [-0.2, -0.15) is 0 Å². The van der Waals surface area contributed by atoms with Gasteiger partial charge in [-0.15, -0.1) is 24.8 Å². The lowest BCUT2D eigenvalue weighted by atomic mass is 10.2. The molecule has 4 rings (SSSR count). The number of carbonyl (C=O) groups excluding carboxylic acids is 1. The second-order valence-electron chi connectivity index (χ2n) is 9.40. The van der Waals surface area contributed by atoms with Crippen LogP contribution in [-0.2, 0) is 16.1 Å². The summed E-state index contributed by atoms with van der Waals surface area (Å²) in [6.45, 7) is 7.61. The van der Waals surface area contributed by atoms with Crippen LogP contribution in [0.3, 0.4) is 0 Å². The number of halogens is 2. The largest absolute Gasteiger partial charge is 0.478 e. The highest BCUT2D eigenvalue weighted by Crippen LogP contribution is 2.27. The summed E-state index contributed by atoms with van der Waals surface area (Å²) >= 11 is 0. The van der Waals surface area contributed by atoms with Crippen molar-refractivity contribution in [3.05, 3.63) is 66.1 Å². The first-order valence-corrected chi connectivity index (χ1v) is 11.3. The average molecular weight is 536 g/mol. The Bertz CT molecular complexity index is 1170. The fraction of sp³-hybridized carbons (Fsp3) is 0.346. The molecular weight excluding hydrogens is 505 g/mol. The smallest absolute Gasteiger partial charge is 0.416 e. The molecule has 0 saturated carbocycles. The molecule has 1 aliphatic heterocycles. The normalized spacial score (nSPS) is 15.9. The molecule has 0 radical (unpaired) electrons. The van der Waals surface area contributed by atoms with Crippen LogP contribution in [0.15, 0.2) is 59.2 Å². The summed E-state index contributed by atoms with van der Waals surface area (Å²) < 4.78 is 11.7. The zero-order chi connectivity index (χ0) is 24.3.